The first-order valence-corrected chi connectivity index (χ1v) is 3.54. The standard InChI is InChI=1S/C8H9N3/c1-5-7(9)3-2-6-4-10-11-8(5)6/h2-3H,4,9H2,1H3. The fraction of sp³-hybridized carbons (Fsp3) is 0.250. The predicted molar refractivity (Wildman–Crippen MR) is 43.8 cm³/mol. The molecule has 0 unspecified atom stereocenters. The van der Waals surface area contributed by atoms with E-state index in [1.54, 1.807) is 0 Å². The van der Waals surface area contributed by atoms with Crippen molar-refractivity contribution in [2.24, 2.45) is 10.2 Å². The Morgan fingerprint density at radius 1 is 1.45 bits per heavy atom. The van der Waals surface area contributed by atoms with E-state index in [0.717, 1.165) is 16.9 Å². The highest BCUT2D eigenvalue weighted by atomic mass is 15.1. The third kappa shape index (κ3) is 0.808. The van der Waals surface area contributed by atoms with E-state index in [9.17, 15) is 0 Å². The summed E-state index contributed by atoms with van der Waals surface area (Å²) in [6.45, 7) is 2.68. The van der Waals surface area contributed by atoms with E-state index in [0.29, 0.717) is 6.54 Å². The van der Waals surface area contributed by atoms with Crippen LogP contribution in [0.15, 0.2) is 22.4 Å². The molecule has 1 aromatic carbocycles. The highest BCUT2D eigenvalue weighted by Crippen LogP contribution is 2.33. The molecule has 2 rings (SSSR count). The molecule has 0 atom stereocenters. The highest BCUT2D eigenvalue weighted by molar-refractivity contribution is 5.64. The van der Waals surface area contributed by atoms with E-state index >= 15 is 0 Å². The van der Waals surface area contributed by atoms with Crippen molar-refractivity contribution in [2.45, 2.75) is 13.5 Å². The Morgan fingerprint density at radius 2 is 2.27 bits per heavy atom. The number of nitrogens with zero attached hydrogens (tertiary/aromatic N) is 2. The lowest BCUT2D eigenvalue weighted by Gasteiger charge is -2.02. The number of anilines is 1. The number of hydrogen-bond acceptors (Lipinski definition) is 3. The van der Waals surface area contributed by atoms with Gasteiger partial charge in [0, 0.05) is 11.3 Å². The second kappa shape index (κ2) is 2.05. The Morgan fingerprint density at radius 3 is 3.09 bits per heavy atom. The summed E-state index contributed by atoms with van der Waals surface area (Å²) in [6, 6.07) is 3.89. The Hall–Kier alpha value is -1.38. The highest BCUT2D eigenvalue weighted by Gasteiger charge is 2.11. The molecule has 3 heteroatoms. The van der Waals surface area contributed by atoms with E-state index in [1.165, 1.54) is 5.56 Å². The van der Waals surface area contributed by atoms with Gasteiger partial charge in [-0.15, -0.1) is 0 Å². The Labute approximate surface area is 64.9 Å². The van der Waals surface area contributed by atoms with Crippen molar-refractivity contribution in [1.82, 2.24) is 0 Å². The number of fused-ring (bicyclic) bond motifs is 1. The molecule has 0 saturated heterocycles. The molecule has 11 heavy (non-hydrogen) atoms. The topological polar surface area (TPSA) is 50.7 Å². The van der Waals surface area contributed by atoms with E-state index in [-0.39, 0.29) is 0 Å². The quantitative estimate of drug-likeness (QED) is 0.562. The van der Waals surface area contributed by atoms with Crippen molar-refractivity contribution < 1.29 is 0 Å². The molecule has 1 aliphatic rings. The molecule has 0 bridgehead atoms. The molecule has 56 valence electrons. The number of azo groups is 1. The monoisotopic (exact) mass is 147 g/mol. The third-order valence-corrected chi connectivity index (χ3v) is 1.97. The molecule has 0 aliphatic carbocycles. The van der Waals surface area contributed by atoms with Gasteiger partial charge in [-0.05, 0) is 18.6 Å². The largest absolute Gasteiger partial charge is 0.398 e. The predicted octanol–water partition coefficient (Wildman–Crippen LogP) is 2.17. The summed E-state index contributed by atoms with van der Waals surface area (Å²) in [7, 11) is 0. The zero-order valence-corrected chi connectivity index (χ0v) is 6.33. The normalized spacial score (nSPS) is 13.5. The molecule has 0 saturated carbocycles. The summed E-state index contributed by atoms with van der Waals surface area (Å²) in [6.07, 6.45) is 0. The first-order valence-electron chi connectivity index (χ1n) is 3.54. The van der Waals surface area contributed by atoms with Gasteiger partial charge in [-0.3, -0.25) is 0 Å². The smallest absolute Gasteiger partial charge is 0.0953 e. The van der Waals surface area contributed by atoms with Gasteiger partial charge in [0.2, 0.25) is 0 Å². The van der Waals surface area contributed by atoms with Crippen LogP contribution in [0.2, 0.25) is 0 Å². The van der Waals surface area contributed by atoms with Crippen LogP contribution in [-0.2, 0) is 6.54 Å². The van der Waals surface area contributed by atoms with Crippen molar-refractivity contribution in [3.8, 4) is 0 Å². The second-order valence-electron chi connectivity index (χ2n) is 2.69. The Kier molecular flexibility index (Phi) is 1.18. The third-order valence-electron chi connectivity index (χ3n) is 1.97. The lowest BCUT2D eigenvalue weighted by molar-refractivity contribution is 1.04. The maximum Gasteiger partial charge on any atom is 0.0953 e. The van der Waals surface area contributed by atoms with Gasteiger partial charge < -0.3 is 5.73 Å². The summed E-state index contributed by atoms with van der Waals surface area (Å²) >= 11 is 0. The van der Waals surface area contributed by atoms with Crippen molar-refractivity contribution in [3.05, 3.63) is 23.3 Å². The van der Waals surface area contributed by atoms with Gasteiger partial charge in [0.1, 0.15) is 0 Å². The van der Waals surface area contributed by atoms with Crippen LogP contribution in [0.4, 0.5) is 11.4 Å². The molecule has 0 spiro atoms. The maximum atomic E-state index is 5.69. The summed E-state index contributed by atoms with van der Waals surface area (Å²) < 4.78 is 0. The van der Waals surface area contributed by atoms with Crippen molar-refractivity contribution >= 4 is 11.4 Å². The molecule has 1 aromatic rings. The van der Waals surface area contributed by atoms with Crippen LogP contribution in [0.1, 0.15) is 11.1 Å². The molecule has 0 aromatic heterocycles. The minimum absolute atomic E-state index is 0.705. The summed E-state index contributed by atoms with van der Waals surface area (Å²) in [5.74, 6) is 0. The molecule has 0 amide bonds. The summed E-state index contributed by atoms with van der Waals surface area (Å²) in [4.78, 5) is 0. The molecule has 3 nitrogen and oxygen atoms in total. The average molecular weight is 147 g/mol. The Balaban J connectivity index is 2.70. The molecule has 0 fully saturated rings. The van der Waals surface area contributed by atoms with Gasteiger partial charge in [-0.25, -0.2) is 0 Å². The lowest BCUT2D eigenvalue weighted by Crippen LogP contribution is -1.90. The van der Waals surface area contributed by atoms with Crippen molar-refractivity contribution in [1.29, 1.82) is 0 Å². The van der Waals surface area contributed by atoms with Crippen LogP contribution in [0.5, 0.6) is 0 Å². The van der Waals surface area contributed by atoms with Crippen LogP contribution in [0.3, 0.4) is 0 Å². The van der Waals surface area contributed by atoms with Gasteiger partial charge in [0.25, 0.3) is 0 Å². The number of nitrogens with two attached hydrogens (primary N) is 1. The number of hydrogen-bond donors (Lipinski definition) is 1. The number of nitrogen functional groups attached to an aromatic ring is 1. The zero-order chi connectivity index (χ0) is 7.84. The van der Waals surface area contributed by atoms with Crippen molar-refractivity contribution in [3.63, 3.8) is 0 Å². The van der Waals surface area contributed by atoms with E-state index in [4.69, 9.17) is 5.73 Å². The molecular formula is C8H9N3. The van der Waals surface area contributed by atoms with E-state index in [2.05, 4.69) is 10.2 Å². The molecule has 0 radical (unpaired) electrons. The van der Waals surface area contributed by atoms with Crippen LogP contribution in [0, 0.1) is 6.92 Å². The molecule has 1 aliphatic heterocycles. The lowest BCUT2D eigenvalue weighted by atomic mass is 10.1. The first kappa shape index (κ1) is 6.34. The van der Waals surface area contributed by atoms with E-state index < -0.39 is 0 Å². The fourth-order valence-corrected chi connectivity index (χ4v) is 1.22. The molecule has 2 N–H and O–H groups in total. The van der Waals surface area contributed by atoms with Crippen LogP contribution < -0.4 is 5.73 Å². The van der Waals surface area contributed by atoms with Crippen LogP contribution in [0.25, 0.3) is 0 Å². The van der Waals surface area contributed by atoms with Gasteiger partial charge in [-0.1, -0.05) is 6.07 Å². The summed E-state index contributed by atoms with van der Waals surface area (Å²) in [5.41, 5.74) is 9.67. The first-order chi connectivity index (χ1) is 5.29. The minimum atomic E-state index is 0.705. The fourth-order valence-electron chi connectivity index (χ4n) is 1.22. The van der Waals surface area contributed by atoms with Gasteiger partial charge in [-0.2, -0.15) is 10.2 Å². The van der Waals surface area contributed by atoms with Gasteiger partial charge in [0.05, 0.1) is 12.2 Å². The Bertz CT molecular complexity index is 328. The molecular weight excluding hydrogens is 138 g/mol. The molecule has 1 heterocycles. The second-order valence-corrected chi connectivity index (χ2v) is 2.69. The number of rotatable bonds is 0. The average Bonchev–Trinajstić information content (AvgIpc) is 2.45. The minimum Gasteiger partial charge on any atom is -0.398 e. The van der Waals surface area contributed by atoms with E-state index in [1.807, 2.05) is 19.1 Å². The zero-order valence-electron chi connectivity index (χ0n) is 6.33. The van der Waals surface area contributed by atoms with Gasteiger partial charge >= 0.3 is 0 Å². The van der Waals surface area contributed by atoms with Crippen LogP contribution >= 0.6 is 0 Å². The number of benzene rings is 1. The van der Waals surface area contributed by atoms with Gasteiger partial charge in [0.15, 0.2) is 0 Å². The SMILES string of the molecule is Cc1c(N)ccc2c1N=NC2. The summed E-state index contributed by atoms with van der Waals surface area (Å²) in [5, 5.41) is 7.93. The van der Waals surface area contributed by atoms with Crippen LogP contribution in [-0.4, -0.2) is 0 Å². The maximum absolute atomic E-state index is 5.69. The van der Waals surface area contributed by atoms with Crippen molar-refractivity contribution in [2.75, 3.05) is 5.73 Å².